The van der Waals surface area contributed by atoms with E-state index in [1.165, 1.54) is 11.3 Å². The molecule has 5 rings (SSSR count). The van der Waals surface area contributed by atoms with Gasteiger partial charge in [-0.15, -0.1) is 0 Å². The molecule has 37 heavy (non-hydrogen) atoms. The summed E-state index contributed by atoms with van der Waals surface area (Å²) in [5.41, 5.74) is 3.40. The van der Waals surface area contributed by atoms with Gasteiger partial charge in [-0.25, -0.2) is 4.98 Å². The van der Waals surface area contributed by atoms with E-state index in [-0.39, 0.29) is 37.7 Å². The van der Waals surface area contributed by atoms with Crippen LogP contribution in [0.4, 0.5) is 5.69 Å². The van der Waals surface area contributed by atoms with Gasteiger partial charge in [-0.1, -0.05) is 19.9 Å². The van der Waals surface area contributed by atoms with Crippen LogP contribution in [0.1, 0.15) is 36.3 Å². The molecule has 3 aromatic heterocycles. The van der Waals surface area contributed by atoms with Gasteiger partial charge >= 0.3 is 0 Å². The van der Waals surface area contributed by atoms with Gasteiger partial charge in [0.1, 0.15) is 11.4 Å². The smallest absolute Gasteiger partial charge is 0.270 e. The SMILES string of the molecule is CC(C)CC(CO)NC(=O)c1c(-c2ccsc2)nc2c(NC(=O)Cc3ccc4c(c3)OCO4)cccn12. The van der Waals surface area contributed by atoms with Crippen molar-refractivity contribution in [2.24, 2.45) is 5.92 Å². The zero-order chi connectivity index (χ0) is 25.9. The lowest BCUT2D eigenvalue weighted by molar-refractivity contribution is -0.115. The highest BCUT2D eigenvalue weighted by Crippen LogP contribution is 2.33. The van der Waals surface area contributed by atoms with Crippen LogP contribution in [-0.2, 0) is 11.2 Å². The number of amides is 2. The Morgan fingerprint density at radius 3 is 2.78 bits per heavy atom. The minimum atomic E-state index is -0.377. The number of hydrogen-bond donors (Lipinski definition) is 3. The number of anilines is 1. The summed E-state index contributed by atoms with van der Waals surface area (Å²) in [7, 11) is 0. The summed E-state index contributed by atoms with van der Waals surface area (Å²) in [6.07, 6.45) is 2.53. The van der Waals surface area contributed by atoms with Crippen LogP contribution in [0.5, 0.6) is 11.5 Å². The van der Waals surface area contributed by atoms with Gasteiger partial charge in [0.05, 0.1) is 24.8 Å². The summed E-state index contributed by atoms with van der Waals surface area (Å²) in [6, 6.07) is 10.5. The largest absolute Gasteiger partial charge is 0.454 e. The average molecular weight is 521 g/mol. The summed E-state index contributed by atoms with van der Waals surface area (Å²) in [4.78, 5) is 31.2. The van der Waals surface area contributed by atoms with E-state index in [4.69, 9.17) is 14.5 Å². The van der Waals surface area contributed by atoms with Gasteiger partial charge in [0.2, 0.25) is 12.7 Å². The first kappa shape index (κ1) is 24.8. The number of imidazole rings is 1. The molecule has 192 valence electrons. The van der Waals surface area contributed by atoms with Crippen LogP contribution < -0.4 is 20.1 Å². The second kappa shape index (κ2) is 10.6. The molecule has 0 radical (unpaired) electrons. The number of rotatable bonds is 9. The minimum absolute atomic E-state index is 0.135. The Bertz CT molecular complexity index is 1430. The maximum absolute atomic E-state index is 13.5. The third-order valence-electron chi connectivity index (χ3n) is 6.05. The molecule has 0 aliphatic carbocycles. The summed E-state index contributed by atoms with van der Waals surface area (Å²) < 4.78 is 12.4. The summed E-state index contributed by atoms with van der Waals surface area (Å²) in [6.45, 7) is 4.10. The van der Waals surface area contributed by atoms with Crippen LogP contribution in [0.3, 0.4) is 0 Å². The Morgan fingerprint density at radius 2 is 2.03 bits per heavy atom. The number of pyridine rings is 1. The number of ether oxygens (including phenoxy) is 2. The molecule has 0 saturated heterocycles. The Morgan fingerprint density at radius 1 is 1.19 bits per heavy atom. The van der Waals surface area contributed by atoms with Crippen molar-refractivity contribution in [3.8, 4) is 22.8 Å². The molecule has 4 aromatic rings. The van der Waals surface area contributed by atoms with Gasteiger partial charge in [-0.05, 0) is 53.6 Å². The molecule has 3 N–H and O–H groups in total. The lowest BCUT2D eigenvalue weighted by Gasteiger charge is -2.18. The fraction of sp³-hybridized carbons (Fsp3) is 0.296. The maximum Gasteiger partial charge on any atom is 0.270 e. The molecule has 2 amide bonds. The summed E-state index contributed by atoms with van der Waals surface area (Å²) >= 11 is 1.51. The van der Waals surface area contributed by atoms with Crippen molar-refractivity contribution < 1.29 is 24.2 Å². The molecule has 1 atom stereocenters. The normalized spacial score (nSPS) is 13.2. The minimum Gasteiger partial charge on any atom is -0.454 e. The molecular formula is C27H28N4O5S. The summed E-state index contributed by atoms with van der Waals surface area (Å²) in [5.74, 6) is 1.03. The standard InChI is InChI=1S/C27H28N4O5S/c1-16(2)10-19(13-32)28-27(34)25-24(18-7-9-37-14-18)30-26-20(4-3-8-31(25)26)29-23(33)12-17-5-6-21-22(11-17)36-15-35-21/h3-9,11,14,16,19,32H,10,12-13,15H2,1-2H3,(H,28,34)(H,29,33). The highest BCUT2D eigenvalue weighted by molar-refractivity contribution is 7.08. The number of aliphatic hydroxyl groups excluding tert-OH is 1. The molecule has 1 aliphatic rings. The van der Waals surface area contributed by atoms with Crippen molar-refractivity contribution in [3.05, 3.63) is 64.6 Å². The van der Waals surface area contributed by atoms with Gasteiger partial charge in [0, 0.05) is 17.1 Å². The molecule has 10 heteroatoms. The van der Waals surface area contributed by atoms with Crippen molar-refractivity contribution in [1.82, 2.24) is 14.7 Å². The number of hydrogen-bond acceptors (Lipinski definition) is 7. The lowest BCUT2D eigenvalue weighted by atomic mass is 10.0. The molecule has 1 aliphatic heterocycles. The Kier molecular flexibility index (Phi) is 7.11. The van der Waals surface area contributed by atoms with Crippen LogP contribution >= 0.6 is 11.3 Å². The van der Waals surface area contributed by atoms with Crippen molar-refractivity contribution in [3.63, 3.8) is 0 Å². The first-order valence-corrected chi connectivity index (χ1v) is 13.0. The Balaban J connectivity index is 1.45. The Hall–Kier alpha value is -3.89. The van der Waals surface area contributed by atoms with Crippen LogP contribution in [-0.4, -0.2) is 45.7 Å². The van der Waals surface area contributed by atoms with Gasteiger partial charge in [0.15, 0.2) is 17.1 Å². The number of aliphatic hydroxyl groups is 1. The van der Waals surface area contributed by atoms with E-state index in [1.807, 2.05) is 36.7 Å². The summed E-state index contributed by atoms with van der Waals surface area (Å²) in [5, 5.41) is 19.5. The number of thiophene rings is 1. The second-order valence-electron chi connectivity index (χ2n) is 9.33. The number of carbonyl (C=O) groups excluding carboxylic acids is 2. The van der Waals surface area contributed by atoms with Gasteiger partial charge in [-0.2, -0.15) is 11.3 Å². The molecule has 0 spiro atoms. The van der Waals surface area contributed by atoms with Gasteiger partial charge in [-0.3, -0.25) is 14.0 Å². The zero-order valence-electron chi connectivity index (χ0n) is 20.6. The number of carbonyl (C=O) groups is 2. The van der Waals surface area contributed by atoms with Crippen LogP contribution in [0, 0.1) is 5.92 Å². The predicted octanol–water partition coefficient (Wildman–Crippen LogP) is 4.11. The van der Waals surface area contributed by atoms with Crippen LogP contribution in [0.2, 0.25) is 0 Å². The van der Waals surface area contributed by atoms with E-state index in [9.17, 15) is 14.7 Å². The monoisotopic (exact) mass is 520 g/mol. The highest BCUT2D eigenvalue weighted by atomic mass is 32.1. The number of aromatic nitrogens is 2. The fourth-order valence-corrected chi connectivity index (χ4v) is 5.06. The predicted molar refractivity (Wildman–Crippen MR) is 141 cm³/mol. The van der Waals surface area contributed by atoms with E-state index in [0.29, 0.717) is 46.6 Å². The van der Waals surface area contributed by atoms with Crippen LogP contribution in [0.15, 0.2) is 53.4 Å². The average Bonchev–Trinajstić information content (AvgIpc) is 3.62. The Labute approximate surface area is 218 Å². The van der Waals surface area contributed by atoms with Crippen molar-refractivity contribution in [2.75, 3.05) is 18.7 Å². The fourth-order valence-electron chi connectivity index (χ4n) is 4.42. The number of nitrogens with one attached hydrogen (secondary N) is 2. The number of nitrogens with zero attached hydrogens (tertiary/aromatic N) is 2. The van der Waals surface area contributed by atoms with Crippen LogP contribution in [0.25, 0.3) is 16.9 Å². The van der Waals surface area contributed by atoms with Crippen molar-refractivity contribution >= 4 is 34.5 Å². The third kappa shape index (κ3) is 5.30. The van der Waals surface area contributed by atoms with E-state index < -0.39 is 0 Å². The van der Waals surface area contributed by atoms with Crippen molar-refractivity contribution in [1.29, 1.82) is 0 Å². The maximum atomic E-state index is 13.5. The van der Waals surface area contributed by atoms with E-state index >= 15 is 0 Å². The molecule has 1 unspecified atom stereocenters. The number of benzene rings is 1. The molecule has 0 fully saturated rings. The van der Waals surface area contributed by atoms with Crippen molar-refractivity contribution in [2.45, 2.75) is 32.7 Å². The molecule has 1 aromatic carbocycles. The molecule has 9 nitrogen and oxygen atoms in total. The lowest BCUT2D eigenvalue weighted by Crippen LogP contribution is -2.39. The van der Waals surface area contributed by atoms with E-state index in [0.717, 1.165) is 11.1 Å². The highest BCUT2D eigenvalue weighted by Gasteiger charge is 2.25. The van der Waals surface area contributed by atoms with Gasteiger partial charge < -0.3 is 25.2 Å². The molecule has 0 saturated carbocycles. The first-order valence-electron chi connectivity index (χ1n) is 12.1. The first-order chi connectivity index (χ1) is 17.9. The molecular weight excluding hydrogens is 492 g/mol. The number of fused-ring (bicyclic) bond motifs is 2. The van der Waals surface area contributed by atoms with E-state index in [1.54, 1.807) is 34.9 Å². The molecule has 0 bridgehead atoms. The quantitative estimate of drug-likeness (QED) is 0.306. The topological polar surface area (TPSA) is 114 Å². The zero-order valence-corrected chi connectivity index (χ0v) is 21.4. The molecule has 4 heterocycles. The third-order valence-corrected chi connectivity index (χ3v) is 6.73. The van der Waals surface area contributed by atoms with E-state index in [2.05, 4.69) is 10.6 Å². The van der Waals surface area contributed by atoms with Gasteiger partial charge in [0.25, 0.3) is 5.91 Å². The second-order valence-corrected chi connectivity index (χ2v) is 10.1.